The molecule has 5 heteroatoms. The van der Waals surface area contributed by atoms with Gasteiger partial charge in [0.2, 0.25) is 0 Å². The zero-order valence-electron chi connectivity index (χ0n) is 6.76. The Morgan fingerprint density at radius 2 is 2.38 bits per heavy atom. The Hall–Kier alpha value is -0.990. The van der Waals surface area contributed by atoms with Gasteiger partial charge in [-0.15, -0.1) is 11.3 Å². The summed E-state index contributed by atoms with van der Waals surface area (Å²) in [4.78, 5) is 0.900. The average Bonchev–Trinajstić information content (AvgIpc) is 2.52. The highest BCUT2D eigenvalue weighted by molar-refractivity contribution is 7.10. The molecule has 0 spiro atoms. The van der Waals surface area contributed by atoms with Gasteiger partial charge in [-0.05, 0) is 6.07 Å². The SMILES string of the molecule is N#Cc1csc(CNCC(F)F)c1. The monoisotopic (exact) mass is 202 g/mol. The molecule has 0 radical (unpaired) electrons. The molecule has 1 N–H and O–H groups in total. The van der Waals surface area contributed by atoms with Crippen molar-refractivity contribution in [2.75, 3.05) is 6.54 Å². The quantitative estimate of drug-likeness (QED) is 0.810. The number of thiophene rings is 1. The lowest BCUT2D eigenvalue weighted by Gasteiger charge is -2.00. The van der Waals surface area contributed by atoms with Crippen LogP contribution in [0.5, 0.6) is 0 Å². The lowest BCUT2D eigenvalue weighted by atomic mass is 10.3. The number of hydrogen-bond acceptors (Lipinski definition) is 3. The normalized spacial score (nSPS) is 10.3. The number of nitriles is 1. The van der Waals surface area contributed by atoms with Gasteiger partial charge in [-0.1, -0.05) is 0 Å². The van der Waals surface area contributed by atoms with E-state index in [1.54, 1.807) is 11.4 Å². The Balaban J connectivity index is 2.34. The first kappa shape index (κ1) is 10.1. The van der Waals surface area contributed by atoms with Crippen molar-refractivity contribution >= 4 is 11.3 Å². The van der Waals surface area contributed by atoms with Crippen LogP contribution in [0.3, 0.4) is 0 Å². The second-order valence-corrected chi connectivity index (χ2v) is 3.43. The van der Waals surface area contributed by atoms with Crippen molar-refractivity contribution < 1.29 is 8.78 Å². The Morgan fingerprint density at radius 1 is 1.62 bits per heavy atom. The van der Waals surface area contributed by atoms with Gasteiger partial charge in [-0.3, -0.25) is 0 Å². The largest absolute Gasteiger partial charge is 0.306 e. The third kappa shape index (κ3) is 3.49. The van der Waals surface area contributed by atoms with Crippen LogP contribution in [0.2, 0.25) is 0 Å². The summed E-state index contributed by atoms with van der Waals surface area (Å²) in [6, 6.07) is 3.68. The Bertz CT molecular complexity index is 303. The zero-order valence-corrected chi connectivity index (χ0v) is 7.57. The molecule has 0 aromatic carbocycles. The molecule has 2 nitrogen and oxygen atoms in total. The highest BCUT2D eigenvalue weighted by Gasteiger charge is 2.02. The summed E-state index contributed by atoms with van der Waals surface area (Å²) in [6.07, 6.45) is -2.32. The molecule has 0 aliphatic carbocycles. The first-order valence-electron chi connectivity index (χ1n) is 3.68. The van der Waals surface area contributed by atoms with Gasteiger partial charge in [0.25, 0.3) is 6.43 Å². The van der Waals surface area contributed by atoms with E-state index in [0.717, 1.165) is 4.88 Å². The molecule has 0 bridgehead atoms. The molecular weight excluding hydrogens is 194 g/mol. The maximum Gasteiger partial charge on any atom is 0.250 e. The van der Waals surface area contributed by atoms with Crippen molar-refractivity contribution in [3.05, 3.63) is 21.9 Å². The minimum atomic E-state index is -2.32. The van der Waals surface area contributed by atoms with Crippen molar-refractivity contribution in [3.63, 3.8) is 0 Å². The molecule has 0 fully saturated rings. The van der Waals surface area contributed by atoms with Gasteiger partial charge >= 0.3 is 0 Å². The van der Waals surface area contributed by atoms with Gasteiger partial charge in [0.05, 0.1) is 12.1 Å². The highest BCUT2D eigenvalue weighted by atomic mass is 32.1. The van der Waals surface area contributed by atoms with E-state index in [9.17, 15) is 8.78 Å². The van der Waals surface area contributed by atoms with E-state index in [-0.39, 0.29) is 6.54 Å². The van der Waals surface area contributed by atoms with Gasteiger partial charge in [0.1, 0.15) is 6.07 Å². The first-order chi connectivity index (χ1) is 6.22. The van der Waals surface area contributed by atoms with Crippen LogP contribution >= 0.6 is 11.3 Å². The molecule has 0 atom stereocenters. The summed E-state index contributed by atoms with van der Waals surface area (Å²) in [5.41, 5.74) is 0.582. The van der Waals surface area contributed by atoms with Crippen LogP contribution < -0.4 is 5.32 Å². The van der Waals surface area contributed by atoms with Gasteiger partial charge in [-0.2, -0.15) is 5.26 Å². The van der Waals surface area contributed by atoms with Crippen LogP contribution in [-0.2, 0) is 6.54 Å². The molecule has 70 valence electrons. The predicted octanol–water partition coefficient (Wildman–Crippen LogP) is 1.97. The summed E-state index contributed by atoms with van der Waals surface area (Å²) in [6.45, 7) is 0.0937. The maximum absolute atomic E-state index is 11.7. The number of rotatable bonds is 4. The second-order valence-electron chi connectivity index (χ2n) is 2.44. The summed E-state index contributed by atoms with van der Waals surface area (Å²) in [7, 11) is 0. The molecule has 0 unspecified atom stereocenters. The van der Waals surface area contributed by atoms with E-state index >= 15 is 0 Å². The van der Waals surface area contributed by atoms with Crippen LogP contribution in [0.4, 0.5) is 8.78 Å². The summed E-state index contributed by atoms with van der Waals surface area (Å²) in [5.74, 6) is 0. The molecule has 0 aliphatic rings. The van der Waals surface area contributed by atoms with Crippen molar-refractivity contribution in [2.24, 2.45) is 0 Å². The lowest BCUT2D eigenvalue weighted by molar-refractivity contribution is 0.145. The Labute approximate surface area is 78.8 Å². The number of alkyl halides is 2. The summed E-state index contributed by atoms with van der Waals surface area (Å²) >= 11 is 1.40. The molecule has 13 heavy (non-hydrogen) atoms. The van der Waals surface area contributed by atoms with E-state index in [0.29, 0.717) is 12.1 Å². The molecular formula is C8H8F2N2S. The standard InChI is InChI=1S/C8H8F2N2S/c9-8(10)4-12-3-7-1-6(2-11)5-13-7/h1,5,8,12H,3-4H2. The molecule has 0 amide bonds. The number of halogens is 2. The highest BCUT2D eigenvalue weighted by Crippen LogP contribution is 2.13. The molecule has 1 rings (SSSR count). The van der Waals surface area contributed by atoms with Gasteiger partial charge < -0.3 is 5.32 Å². The van der Waals surface area contributed by atoms with Crippen LogP contribution in [0.1, 0.15) is 10.4 Å². The third-order valence-electron chi connectivity index (χ3n) is 1.38. The zero-order chi connectivity index (χ0) is 9.68. The fraction of sp³-hybridized carbons (Fsp3) is 0.375. The topological polar surface area (TPSA) is 35.8 Å². The Morgan fingerprint density at radius 3 is 2.92 bits per heavy atom. The van der Waals surface area contributed by atoms with Gasteiger partial charge in [0.15, 0.2) is 0 Å². The summed E-state index contributed by atoms with van der Waals surface area (Å²) in [5, 5.41) is 12.8. The average molecular weight is 202 g/mol. The van der Waals surface area contributed by atoms with Crippen LogP contribution in [-0.4, -0.2) is 13.0 Å². The number of hydrogen-bond donors (Lipinski definition) is 1. The van der Waals surface area contributed by atoms with Crippen LogP contribution in [0.25, 0.3) is 0 Å². The number of nitrogens with zero attached hydrogens (tertiary/aromatic N) is 1. The van der Waals surface area contributed by atoms with E-state index in [2.05, 4.69) is 5.32 Å². The smallest absolute Gasteiger partial charge is 0.250 e. The van der Waals surface area contributed by atoms with Crippen molar-refractivity contribution in [3.8, 4) is 6.07 Å². The van der Waals surface area contributed by atoms with Gasteiger partial charge in [0, 0.05) is 16.8 Å². The second kappa shape index (κ2) is 4.90. The van der Waals surface area contributed by atoms with E-state index in [1.807, 2.05) is 6.07 Å². The van der Waals surface area contributed by atoms with Crippen molar-refractivity contribution in [1.82, 2.24) is 5.32 Å². The molecule has 0 aliphatic heterocycles. The minimum Gasteiger partial charge on any atom is -0.306 e. The molecule has 0 saturated carbocycles. The lowest BCUT2D eigenvalue weighted by Crippen LogP contribution is -2.19. The Kier molecular flexibility index (Phi) is 3.80. The maximum atomic E-state index is 11.7. The van der Waals surface area contributed by atoms with Crippen LogP contribution in [0.15, 0.2) is 11.4 Å². The van der Waals surface area contributed by atoms with Crippen molar-refractivity contribution in [2.45, 2.75) is 13.0 Å². The molecule has 1 aromatic rings. The fourth-order valence-electron chi connectivity index (χ4n) is 0.836. The first-order valence-corrected chi connectivity index (χ1v) is 4.56. The van der Waals surface area contributed by atoms with Crippen molar-refractivity contribution in [1.29, 1.82) is 5.26 Å². The molecule has 0 saturated heterocycles. The predicted molar refractivity (Wildman–Crippen MR) is 46.7 cm³/mol. The van der Waals surface area contributed by atoms with Gasteiger partial charge in [-0.25, -0.2) is 8.78 Å². The minimum absolute atomic E-state index is 0.306. The van der Waals surface area contributed by atoms with E-state index in [4.69, 9.17) is 5.26 Å². The molecule has 1 heterocycles. The van der Waals surface area contributed by atoms with Crippen LogP contribution in [0, 0.1) is 11.3 Å². The third-order valence-corrected chi connectivity index (χ3v) is 2.32. The fourth-order valence-corrected chi connectivity index (χ4v) is 1.62. The molecule has 1 aromatic heterocycles. The number of nitrogens with one attached hydrogen (secondary N) is 1. The van der Waals surface area contributed by atoms with E-state index in [1.165, 1.54) is 11.3 Å². The van der Waals surface area contributed by atoms with E-state index < -0.39 is 6.43 Å². The summed E-state index contributed by atoms with van der Waals surface area (Å²) < 4.78 is 23.4.